The molecule has 0 unspecified atom stereocenters. The van der Waals surface area contributed by atoms with E-state index in [-0.39, 0.29) is 0 Å². The molecule has 1 fully saturated rings. The molecule has 0 amide bonds. The van der Waals surface area contributed by atoms with Gasteiger partial charge in [-0.3, -0.25) is 0 Å². The molecule has 3 aromatic carbocycles. The minimum absolute atomic E-state index is 0.495. The van der Waals surface area contributed by atoms with E-state index in [4.69, 9.17) is 34.2 Å². The van der Waals surface area contributed by atoms with Crippen molar-refractivity contribution < 1.29 is 34.2 Å². The Balaban J connectivity index is 2.14. The van der Waals surface area contributed by atoms with Crippen molar-refractivity contribution >= 4 is 83.8 Å². The smallest absolute Gasteiger partial charge is 0.542 e. The van der Waals surface area contributed by atoms with Gasteiger partial charge in [0.1, 0.15) is 0 Å². The highest BCUT2D eigenvalue weighted by Crippen LogP contribution is 2.43. The summed E-state index contributed by atoms with van der Waals surface area (Å²) in [6.45, 7) is 33.7. The van der Waals surface area contributed by atoms with Gasteiger partial charge in [0.2, 0.25) is 8.32 Å². The summed E-state index contributed by atoms with van der Waals surface area (Å²) >= 11 is 0. The van der Waals surface area contributed by atoms with Gasteiger partial charge in [0.05, 0.1) is 0 Å². The molecule has 8 nitrogen and oxygen atoms in total. The van der Waals surface area contributed by atoms with Gasteiger partial charge in [0.25, 0.3) is 9.04 Å². The highest BCUT2D eigenvalue weighted by Gasteiger charge is 2.56. The summed E-state index contributed by atoms with van der Waals surface area (Å²) < 4.78 is 58.0. The number of benzene rings is 3. The third kappa shape index (κ3) is 13.4. The second kappa shape index (κ2) is 17.0. The fraction of sp³-hybridized carbons (Fsp3) is 0.514. The van der Waals surface area contributed by atoms with E-state index in [1.54, 1.807) is 0 Å². The summed E-state index contributed by atoms with van der Waals surface area (Å²) in [7, 11) is -20.3. The van der Waals surface area contributed by atoms with Gasteiger partial charge in [0.15, 0.2) is 50.5 Å². The first-order valence-corrected chi connectivity index (χ1v) is 41.0. The van der Waals surface area contributed by atoms with Gasteiger partial charge < -0.3 is 34.2 Å². The lowest BCUT2D eigenvalue weighted by Gasteiger charge is -2.42. The molecule has 53 heavy (non-hydrogen) atoms. The Hall–Kier alpha value is -1.40. The largest absolute Gasteiger partial charge is 0.581 e. The predicted molar refractivity (Wildman–Crippen MR) is 238 cm³/mol. The fourth-order valence-electron chi connectivity index (χ4n) is 5.87. The first-order chi connectivity index (χ1) is 24.3. The van der Waals surface area contributed by atoms with E-state index in [1.165, 1.54) is 0 Å². The molecule has 1 heterocycles. The van der Waals surface area contributed by atoms with E-state index in [9.17, 15) is 0 Å². The van der Waals surface area contributed by atoms with Crippen LogP contribution in [-0.4, -0.2) is 74.8 Å². The molecule has 4 rings (SSSR count). The highest BCUT2D eigenvalue weighted by molar-refractivity contribution is 6.93. The maximum Gasteiger partial charge on any atom is 0.581 e. The fourth-order valence-corrected chi connectivity index (χ4v) is 27.9. The van der Waals surface area contributed by atoms with Crippen molar-refractivity contribution in [2.45, 2.75) is 117 Å². The van der Waals surface area contributed by atoms with Gasteiger partial charge in [-0.25, -0.2) is 0 Å². The van der Waals surface area contributed by atoms with Crippen LogP contribution in [-0.2, 0) is 20.9 Å². The van der Waals surface area contributed by atoms with Crippen LogP contribution in [0.4, 0.5) is 0 Å². The van der Waals surface area contributed by atoms with Crippen LogP contribution in [0, 0.1) is 0 Å². The maximum absolute atomic E-state index is 7.65. The molecule has 1 aliphatic rings. The molecule has 3 aromatic rings. The monoisotopic (exact) mass is 861 g/mol. The van der Waals surface area contributed by atoms with Crippen LogP contribution in [0.15, 0.2) is 72.8 Å². The molecule has 1 aliphatic heterocycles. The van der Waals surface area contributed by atoms with E-state index in [2.05, 4.69) is 129 Å². The molecule has 0 N–H and O–H groups in total. The van der Waals surface area contributed by atoms with Crippen LogP contribution in [0.25, 0.3) is 0 Å². The molecule has 0 saturated carbocycles. The molecule has 1 radical (unpaired) electrons. The average molecular weight is 863 g/mol. The summed E-state index contributed by atoms with van der Waals surface area (Å²) in [4.78, 5) is 0. The zero-order valence-corrected chi connectivity index (χ0v) is 43.0. The van der Waals surface area contributed by atoms with Crippen LogP contribution >= 0.6 is 0 Å². The van der Waals surface area contributed by atoms with Crippen LogP contribution in [0.2, 0.25) is 104 Å². The molecule has 0 spiro atoms. The summed E-state index contributed by atoms with van der Waals surface area (Å²) in [5.74, 6) is 1.69. The summed E-state index contributed by atoms with van der Waals surface area (Å²) in [5.41, 5.74) is 0. The molecule has 0 aliphatic carbocycles. The summed E-state index contributed by atoms with van der Waals surface area (Å²) in [6, 6.07) is 25.7. The third-order valence-electron chi connectivity index (χ3n) is 7.36. The van der Waals surface area contributed by atoms with Crippen LogP contribution in [0.1, 0.15) is 12.8 Å². The molecule has 293 valence electrons. The molecular weight excluding hydrogens is 797 g/mol. The van der Waals surface area contributed by atoms with E-state index < -0.39 is 68.2 Å². The van der Waals surface area contributed by atoms with E-state index in [1.807, 2.05) is 42.5 Å². The maximum atomic E-state index is 7.65. The lowest BCUT2D eigenvalue weighted by Crippen LogP contribution is -2.67. The van der Waals surface area contributed by atoms with Crippen molar-refractivity contribution in [3.05, 3.63) is 72.8 Å². The number of rotatable bonds is 17. The van der Waals surface area contributed by atoms with E-state index in [0.717, 1.165) is 41.1 Å². The van der Waals surface area contributed by atoms with Crippen molar-refractivity contribution in [2.75, 3.05) is 6.61 Å². The summed E-state index contributed by atoms with van der Waals surface area (Å²) in [6.07, 6.45) is 2.18. The Morgan fingerprint density at radius 3 is 1.26 bits per heavy atom. The second-order valence-corrected chi connectivity index (χ2v) is 49.2. The van der Waals surface area contributed by atoms with Gasteiger partial charge in [-0.15, -0.1) is 0 Å². The Kier molecular flexibility index (Phi) is 14.2. The Bertz CT molecular complexity index is 1590. The van der Waals surface area contributed by atoms with Crippen molar-refractivity contribution in [1.82, 2.24) is 0 Å². The minimum Gasteiger partial charge on any atom is -0.542 e. The van der Waals surface area contributed by atoms with Gasteiger partial charge in [-0.2, -0.15) is 0 Å². The zero-order valence-electron chi connectivity index (χ0n) is 35.0. The van der Waals surface area contributed by atoms with Crippen molar-refractivity contribution in [3.63, 3.8) is 0 Å². The first kappa shape index (κ1) is 44.3. The number of hydrogen-bond donors (Lipinski definition) is 0. The summed E-state index contributed by atoms with van der Waals surface area (Å²) in [5, 5.41) is 2.88. The van der Waals surface area contributed by atoms with Gasteiger partial charge in [-0.05, 0) is 117 Å². The molecule has 0 atom stereocenters. The zero-order chi connectivity index (χ0) is 39.5. The Morgan fingerprint density at radius 1 is 0.453 bits per heavy atom. The van der Waals surface area contributed by atoms with E-state index in [0.29, 0.717) is 17.2 Å². The first-order valence-electron chi connectivity index (χ1n) is 18.9. The molecule has 16 heteroatoms. The van der Waals surface area contributed by atoms with Crippen molar-refractivity contribution in [3.8, 4) is 17.2 Å². The topological polar surface area (TPSA) is 73.8 Å². The van der Waals surface area contributed by atoms with Crippen LogP contribution in [0.5, 0.6) is 17.2 Å². The van der Waals surface area contributed by atoms with Gasteiger partial charge in [-0.1, -0.05) is 73.2 Å². The standard InChI is InChI=1S/C37H65O8Si8/c1-47(2,3)40-37-35(46-31-23-22-30-38-46)29-28-34(39-52(42-48(4,5)6,43-49(7,8)9)32-24-18-16-19-25-32)36(37)41-53(44-50(10,11)12,45-51(13,14)15)33-26-20-17-21-27-33/h16-21,24-29H,22-23,30-31H2,1-15H3. The van der Waals surface area contributed by atoms with Gasteiger partial charge >= 0.3 is 17.6 Å². The van der Waals surface area contributed by atoms with Gasteiger partial charge in [0, 0.05) is 22.2 Å². The highest BCUT2D eigenvalue weighted by atomic mass is 28.5. The van der Waals surface area contributed by atoms with Crippen LogP contribution < -0.4 is 28.8 Å². The van der Waals surface area contributed by atoms with Crippen molar-refractivity contribution in [1.29, 1.82) is 0 Å². The minimum atomic E-state index is -3.74. The quantitative estimate of drug-likeness (QED) is 0.125. The molecule has 0 bridgehead atoms. The lowest BCUT2D eigenvalue weighted by atomic mass is 10.3. The molecular formula is C37H65O8Si8. The Labute approximate surface area is 330 Å². The predicted octanol–water partition coefficient (Wildman–Crippen LogP) is 8.77. The second-order valence-electron chi connectivity index (χ2n) is 18.6. The Morgan fingerprint density at radius 2 is 0.887 bits per heavy atom. The lowest BCUT2D eigenvalue weighted by molar-refractivity contribution is 0.250. The molecule has 1 saturated heterocycles. The van der Waals surface area contributed by atoms with Crippen molar-refractivity contribution in [2.24, 2.45) is 0 Å². The average Bonchev–Trinajstić information content (AvgIpc) is 3.00. The van der Waals surface area contributed by atoms with Crippen LogP contribution in [0.3, 0.4) is 0 Å². The van der Waals surface area contributed by atoms with E-state index >= 15 is 0 Å². The SMILES string of the molecule is C[Si](C)(C)Oc1c([Si]2CCCCO2)ccc(O[Si](O[Si](C)(C)C)(O[Si](C)(C)C)c2ccccc2)c1O[Si](O[Si](C)(C)C)(O[Si](C)(C)C)c1ccccc1. The molecule has 0 aromatic heterocycles. The third-order valence-corrected chi connectivity index (χ3v) is 27.7. The number of hydrogen-bond acceptors (Lipinski definition) is 8. The normalized spacial score (nSPS) is 15.7.